The van der Waals surface area contributed by atoms with Crippen molar-refractivity contribution in [1.82, 2.24) is 72.4 Å². The van der Waals surface area contributed by atoms with Crippen molar-refractivity contribution in [2.45, 2.75) is 299 Å². The third kappa shape index (κ3) is 35.4. The van der Waals surface area contributed by atoms with Gasteiger partial charge in [0, 0.05) is 121 Å². The van der Waals surface area contributed by atoms with E-state index in [1.165, 1.54) is 89.4 Å². The number of unbranched alkanes of at least 4 members (excludes halogenated alkanes) is 13. The van der Waals surface area contributed by atoms with Crippen LogP contribution in [0.25, 0.3) is 10.9 Å². The van der Waals surface area contributed by atoms with Crippen LogP contribution in [-0.4, -0.2) is 283 Å². The van der Waals surface area contributed by atoms with E-state index < -0.39 is 156 Å². The molecule has 4 aromatic carbocycles. The van der Waals surface area contributed by atoms with Crippen LogP contribution in [0, 0.1) is 5.82 Å². The molecule has 2 fully saturated rings. The molecule has 2 saturated heterocycles. The van der Waals surface area contributed by atoms with E-state index in [1.54, 1.807) is 72.6 Å². The van der Waals surface area contributed by atoms with Crippen molar-refractivity contribution in [3.63, 3.8) is 0 Å². The average Bonchev–Trinajstić information content (AvgIpc) is 1.67. The molecule has 12 bridgehead atoms. The minimum Gasteiger partial charge on any atom is -0.497 e. The molecule has 0 aliphatic carbocycles. The number of carboxylic acids is 1. The second-order valence-electron chi connectivity index (χ2n) is 38.6. The predicted molar refractivity (Wildman–Crippen MR) is 519 cm³/mol. The molecule has 13 amide bonds. The summed E-state index contributed by atoms with van der Waals surface area (Å²) in [6, 6.07) is 13.6. The Labute approximate surface area is 815 Å². The zero-order valence-corrected chi connectivity index (χ0v) is 82.0. The van der Waals surface area contributed by atoms with Crippen LogP contribution in [0.1, 0.15) is 228 Å². The number of aromatic nitrogens is 1. The molecule has 6 aliphatic rings. The Kier molecular flexibility index (Phi) is 44.2. The maximum atomic E-state index is 16.5. The summed E-state index contributed by atoms with van der Waals surface area (Å²) in [7, 11) is 5.59. The molecule has 762 valence electrons. The quantitative estimate of drug-likeness (QED) is 0.0150. The highest BCUT2D eigenvalue weighted by atomic mass is 19.1. The highest BCUT2D eigenvalue weighted by Crippen LogP contribution is 2.33. The summed E-state index contributed by atoms with van der Waals surface area (Å²) in [5.74, 6) is -10.2. The van der Waals surface area contributed by atoms with E-state index >= 15 is 33.2 Å². The van der Waals surface area contributed by atoms with E-state index in [9.17, 15) is 43.5 Å². The number of halogens is 1. The van der Waals surface area contributed by atoms with Gasteiger partial charge in [0.05, 0.1) is 72.9 Å². The van der Waals surface area contributed by atoms with E-state index in [4.69, 9.17) is 24.1 Å². The van der Waals surface area contributed by atoms with Gasteiger partial charge in [-0.05, 0) is 142 Å². The monoisotopic (exact) mass is 1940 g/mol. The molecular weight excluding hydrogens is 1790 g/mol. The standard InChI is InChI=1S/C103H148FN15O20/c1-70-95(128)113-84(66-108-88(122)46-56-137-58-59-138-57-55-119(4,5)54-49-105-87(121)31-21-17-15-13-11-9-7-8-10-12-14-16-18-22-32-92(126)127)97(130)110-81-62-75-28-25-29-76(60-75)65-107-90(124)69-139-86-30-26-52-117-94(86)99(132)114-93(71(2)120)98(131)112-82(61-73-37-40-79(136-6)41-38-73)101(134)118-53-27-47-103(118,3)102(135)106-48-45-72-33-35-74(36-34-72)67-116(91(125)44-43-89(123)109-70)51-24-20-19-23-50-115-68-77(63-83(100(117)133)111-96(81)129)80-64-78(104)39-42-85(80)115/h25,28-29,33-42,60,64,68,70-71,81-84,86,93-94,120H,7-24,26-27,30-32,43-59,61-63,65-67,69H2,1-6H3,(H10-,105,106,107,108,109,110,111,112,113,114,121,122,123,124,126,127,128,129,130,131,132,135)/p+1/t70-,71+,81-,82-,83-,84+,86-,93-,94-,103-/m0/s1. The number of aliphatic carboxylic acids is 1. The Morgan fingerprint density at radius 3 is 1.94 bits per heavy atom. The first kappa shape index (κ1) is 110. The van der Waals surface area contributed by atoms with E-state index in [2.05, 4.69) is 53.2 Å². The largest absolute Gasteiger partial charge is 0.497 e. The molecule has 0 spiro atoms. The van der Waals surface area contributed by atoms with Gasteiger partial charge in [0.2, 0.25) is 76.8 Å². The summed E-state index contributed by atoms with van der Waals surface area (Å²) >= 11 is 0. The summed E-state index contributed by atoms with van der Waals surface area (Å²) in [6.45, 7) is 6.22. The number of ether oxygens (including phenoxy) is 4. The molecule has 1 aromatic heterocycles. The number of aryl methyl sites for hydroxylation is 1. The van der Waals surface area contributed by atoms with Crippen molar-refractivity contribution in [2.24, 2.45) is 0 Å². The average molecular weight is 1940 g/mol. The normalized spacial score (nSPS) is 22.4. The molecule has 0 radical (unpaired) electrons. The fraction of sp³-hybridized carbons (Fsp3) is 0.612. The number of nitrogens with zero attached hydrogens (tertiary/aromatic N) is 5. The van der Waals surface area contributed by atoms with Crippen molar-refractivity contribution in [2.75, 3.05) is 107 Å². The van der Waals surface area contributed by atoms with E-state index in [0.717, 1.165) is 54.6 Å². The molecule has 0 unspecified atom stereocenters. The van der Waals surface area contributed by atoms with Crippen LogP contribution in [0.4, 0.5) is 4.39 Å². The third-order valence-corrected chi connectivity index (χ3v) is 27.0. The highest BCUT2D eigenvalue weighted by molar-refractivity contribution is 6.00. The lowest BCUT2D eigenvalue weighted by atomic mass is 9.94. The first-order valence-electron chi connectivity index (χ1n) is 50.2. The maximum Gasteiger partial charge on any atom is 0.303 e. The number of fused-ring (bicyclic) bond motifs is 16. The smallest absolute Gasteiger partial charge is 0.303 e. The Morgan fingerprint density at radius 2 is 1.24 bits per heavy atom. The van der Waals surface area contributed by atoms with Gasteiger partial charge in [-0.15, -0.1) is 0 Å². The van der Waals surface area contributed by atoms with Crippen LogP contribution in [0.15, 0.2) is 97.2 Å². The number of hydrogen-bond acceptors (Lipinski definition) is 19. The predicted octanol–water partition coefficient (Wildman–Crippen LogP) is 6.63. The maximum absolute atomic E-state index is 16.5. The van der Waals surface area contributed by atoms with Gasteiger partial charge >= 0.3 is 5.97 Å². The Morgan fingerprint density at radius 1 is 0.590 bits per heavy atom. The number of quaternary nitrogens is 1. The van der Waals surface area contributed by atoms with Crippen molar-refractivity contribution in [3.8, 4) is 5.75 Å². The Balaban J connectivity index is 0.893. The SMILES string of the molecule is COc1ccc(C[C@@H]2NC(=O)[C@H]([C@@H](C)O)NC(=O)[C@@H]3[C@@H]4CCCN3C(=O)[C@@H]3Cc5cn(c6ccc(F)cc56)CCCCCCN(Cc5ccc(cc5)CCNC(=O)[C@]5(C)CCCN5C2=O)C(=O)CCC(=O)N[C@@H](C)C(=O)N[C@H](CNC(=O)CCOCCOCC[N+](C)(C)CCNC(=O)CCCCCCCCCCCCCCCCC(=O)O)C(=O)N[C@@H](Cc2cccc(c2)CNC(=O)CO4)C(=O)N3)cc1. The summed E-state index contributed by atoms with van der Waals surface area (Å²) in [5.41, 5.74) is 2.61. The fourth-order valence-corrected chi connectivity index (χ4v) is 18.7. The highest BCUT2D eigenvalue weighted by Gasteiger charge is 2.49. The third-order valence-electron chi connectivity index (χ3n) is 27.0. The number of carbonyl (C=O) groups is 14. The number of methoxy groups -OCH3 is 1. The number of aliphatic hydroxyl groups excluding tert-OH is 1. The molecule has 0 saturated carbocycles. The Bertz CT molecular complexity index is 4920. The molecule has 7 heterocycles. The molecule has 139 heavy (non-hydrogen) atoms. The number of aliphatic hydroxyl groups is 1. The second-order valence-corrected chi connectivity index (χ2v) is 38.6. The van der Waals surface area contributed by atoms with Crippen LogP contribution in [0.3, 0.4) is 0 Å². The van der Waals surface area contributed by atoms with Gasteiger partial charge in [0.15, 0.2) is 0 Å². The van der Waals surface area contributed by atoms with E-state index in [1.807, 2.05) is 42.9 Å². The van der Waals surface area contributed by atoms with Crippen molar-refractivity contribution in [1.29, 1.82) is 0 Å². The summed E-state index contributed by atoms with van der Waals surface area (Å²) in [5, 5.41) is 49.2. The molecule has 5 aromatic rings. The first-order valence-corrected chi connectivity index (χ1v) is 50.2. The topological polar surface area (TPSA) is 451 Å². The molecule has 35 nitrogen and oxygen atoms in total. The molecule has 10 atom stereocenters. The minimum absolute atomic E-state index is 0.0356. The van der Waals surface area contributed by atoms with Crippen molar-refractivity contribution < 1.29 is 105 Å². The summed E-state index contributed by atoms with van der Waals surface area (Å²) in [6.07, 6.45) is 16.8. The number of carbonyl (C=O) groups excluding carboxylic acids is 13. The van der Waals surface area contributed by atoms with Crippen LogP contribution < -0.4 is 57.9 Å². The van der Waals surface area contributed by atoms with Gasteiger partial charge in [-0.1, -0.05) is 151 Å². The number of carboxylic acid groups (broad SMARTS) is 1. The van der Waals surface area contributed by atoms with Gasteiger partial charge in [-0.25, -0.2) is 4.39 Å². The fourth-order valence-electron chi connectivity index (χ4n) is 18.7. The van der Waals surface area contributed by atoms with Gasteiger partial charge < -0.3 is 106 Å². The second kappa shape index (κ2) is 56.1. The molecule has 36 heteroatoms. The first-order chi connectivity index (χ1) is 66.8. The lowest BCUT2D eigenvalue weighted by Crippen LogP contribution is -2.66. The van der Waals surface area contributed by atoms with E-state index in [-0.39, 0.29) is 129 Å². The number of nitrogens with one attached hydrogen (secondary N) is 10. The minimum atomic E-state index is -1.88. The molecule has 11 rings (SSSR count). The van der Waals surface area contributed by atoms with E-state index in [0.29, 0.717) is 121 Å². The van der Waals surface area contributed by atoms with Crippen LogP contribution in [-0.2, 0) is 127 Å². The zero-order chi connectivity index (χ0) is 99.8. The van der Waals surface area contributed by atoms with Crippen molar-refractivity contribution >= 4 is 93.7 Å². The number of piperidine rings is 1. The molecule has 12 N–H and O–H groups in total. The lowest BCUT2D eigenvalue weighted by Gasteiger charge is -2.42. The molecule has 6 aliphatic heterocycles. The van der Waals surface area contributed by atoms with Crippen molar-refractivity contribution in [3.05, 3.63) is 136 Å². The number of benzene rings is 4. The zero-order valence-electron chi connectivity index (χ0n) is 82.0. The van der Waals surface area contributed by atoms with Gasteiger partial charge in [-0.2, -0.15) is 0 Å². The number of amides is 13. The number of likely N-dealkylation sites (N-methyl/N-ethyl adjacent to an activating group) is 1. The Hall–Kier alpha value is -11.5. The summed E-state index contributed by atoms with van der Waals surface area (Å²) < 4.78 is 42.1. The van der Waals surface area contributed by atoms with Gasteiger partial charge in [0.25, 0.3) is 0 Å². The summed E-state index contributed by atoms with van der Waals surface area (Å²) in [4.78, 5) is 208. The molecular formula is C103H149FN15O20+. The number of hydrogen-bond donors (Lipinski definition) is 12. The van der Waals surface area contributed by atoms with Crippen LogP contribution in [0.5, 0.6) is 5.75 Å². The lowest BCUT2D eigenvalue weighted by molar-refractivity contribution is -0.889. The van der Waals surface area contributed by atoms with Gasteiger partial charge in [0.1, 0.15) is 72.6 Å². The van der Waals surface area contributed by atoms with Gasteiger partial charge in [-0.3, -0.25) is 67.1 Å². The van der Waals surface area contributed by atoms with Crippen LogP contribution in [0.2, 0.25) is 0 Å². The van der Waals surface area contributed by atoms with Crippen LogP contribution >= 0.6 is 0 Å². The number of rotatable bonds is 35.